The maximum Gasteiger partial charge on any atom is 0.387 e. The number of hydrogen-bond donors (Lipinski definition) is 1. The minimum absolute atomic E-state index is 0.0499. The highest BCUT2D eigenvalue weighted by atomic mass is 32.2. The highest BCUT2D eigenvalue weighted by Crippen LogP contribution is 2.40. The third-order valence-electron chi connectivity index (χ3n) is 5.51. The minimum Gasteiger partial charge on any atom is -0.435 e. The number of sulfonamides is 1. The standard InChI is InChI=1S/C17H22F2N2O4S/c18-17(19)25-15-1-3-16(4-2-15)26(22,23)21-7-11-5-13(6-12(11)8-21)20-14-9-24-10-14/h1-4,11-14,17,20H,5-10H2/t11-,12+,13?. The lowest BCUT2D eigenvalue weighted by atomic mass is 10.0. The summed E-state index contributed by atoms with van der Waals surface area (Å²) < 4.78 is 61.0. The molecular formula is C17H22F2N2O4S. The Morgan fingerprint density at radius 2 is 1.69 bits per heavy atom. The average Bonchev–Trinajstić information content (AvgIpc) is 3.09. The highest BCUT2D eigenvalue weighted by molar-refractivity contribution is 7.89. The lowest BCUT2D eigenvalue weighted by molar-refractivity contribution is -0.0498. The van der Waals surface area contributed by atoms with Crippen LogP contribution in [0.25, 0.3) is 0 Å². The molecule has 2 aliphatic heterocycles. The van der Waals surface area contributed by atoms with Crippen LogP contribution in [0.2, 0.25) is 0 Å². The van der Waals surface area contributed by atoms with E-state index >= 15 is 0 Å². The van der Waals surface area contributed by atoms with E-state index in [0.29, 0.717) is 37.0 Å². The zero-order chi connectivity index (χ0) is 18.3. The second kappa shape index (κ2) is 7.03. The Morgan fingerprint density at radius 3 is 2.19 bits per heavy atom. The van der Waals surface area contributed by atoms with Gasteiger partial charge in [0.05, 0.1) is 24.2 Å². The van der Waals surface area contributed by atoms with E-state index in [1.54, 1.807) is 0 Å². The third kappa shape index (κ3) is 3.58. The first-order valence-electron chi connectivity index (χ1n) is 8.80. The molecule has 3 atom stereocenters. The summed E-state index contributed by atoms with van der Waals surface area (Å²) in [5, 5.41) is 3.58. The van der Waals surface area contributed by atoms with E-state index in [4.69, 9.17) is 4.74 Å². The Balaban J connectivity index is 1.37. The summed E-state index contributed by atoms with van der Waals surface area (Å²) in [6, 6.07) is 6.04. The largest absolute Gasteiger partial charge is 0.435 e. The molecule has 0 radical (unpaired) electrons. The first kappa shape index (κ1) is 18.1. The van der Waals surface area contributed by atoms with Gasteiger partial charge >= 0.3 is 6.61 Å². The molecule has 6 nitrogen and oxygen atoms in total. The van der Waals surface area contributed by atoms with Crippen LogP contribution in [-0.2, 0) is 14.8 Å². The summed E-state index contributed by atoms with van der Waals surface area (Å²) in [7, 11) is -3.61. The van der Waals surface area contributed by atoms with Crippen LogP contribution in [0.4, 0.5) is 8.78 Å². The molecule has 0 amide bonds. The van der Waals surface area contributed by atoms with Crippen LogP contribution < -0.4 is 10.1 Å². The van der Waals surface area contributed by atoms with Gasteiger partial charge in [0.25, 0.3) is 0 Å². The van der Waals surface area contributed by atoms with Crippen LogP contribution in [0.3, 0.4) is 0 Å². The molecule has 26 heavy (non-hydrogen) atoms. The SMILES string of the molecule is O=S(=O)(c1ccc(OC(F)F)cc1)N1C[C@H]2CC(NC3COC3)C[C@H]2C1. The number of rotatable bonds is 6. The summed E-state index contributed by atoms with van der Waals surface area (Å²) in [4.78, 5) is 0.111. The molecule has 2 saturated heterocycles. The van der Waals surface area contributed by atoms with Gasteiger partial charge in [-0.3, -0.25) is 0 Å². The Morgan fingerprint density at radius 1 is 1.08 bits per heavy atom. The fraction of sp³-hybridized carbons (Fsp3) is 0.647. The van der Waals surface area contributed by atoms with Crippen molar-refractivity contribution in [3.05, 3.63) is 24.3 Å². The Bertz CT molecular complexity index is 726. The number of nitrogens with one attached hydrogen (secondary N) is 1. The van der Waals surface area contributed by atoms with Crippen molar-refractivity contribution < 1.29 is 26.7 Å². The number of alkyl halides is 2. The second-order valence-electron chi connectivity index (χ2n) is 7.26. The van der Waals surface area contributed by atoms with Gasteiger partial charge in [-0.2, -0.15) is 13.1 Å². The van der Waals surface area contributed by atoms with Crippen LogP contribution in [0.1, 0.15) is 12.8 Å². The van der Waals surface area contributed by atoms with E-state index < -0.39 is 16.6 Å². The molecule has 1 saturated carbocycles. The van der Waals surface area contributed by atoms with Gasteiger partial charge in [-0.05, 0) is 48.9 Å². The normalized spacial score (nSPS) is 29.7. The zero-order valence-electron chi connectivity index (χ0n) is 14.2. The van der Waals surface area contributed by atoms with Gasteiger partial charge in [-0.1, -0.05) is 0 Å². The van der Waals surface area contributed by atoms with Gasteiger partial charge in [0.2, 0.25) is 10.0 Å². The Hall–Kier alpha value is -1.29. The summed E-state index contributed by atoms with van der Waals surface area (Å²) in [6.45, 7) is -0.373. The number of ether oxygens (including phenoxy) is 2. The van der Waals surface area contributed by atoms with E-state index in [9.17, 15) is 17.2 Å². The fourth-order valence-corrected chi connectivity index (χ4v) is 5.75. The van der Waals surface area contributed by atoms with E-state index in [0.717, 1.165) is 26.1 Å². The van der Waals surface area contributed by atoms with Gasteiger partial charge in [0.15, 0.2) is 0 Å². The van der Waals surface area contributed by atoms with Crippen LogP contribution in [0, 0.1) is 11.8 Å². The second-order valence-corrected chi connectivity index (χ2v) is 9.20. The molecule has 0 aromatic heterocycles. The average molecular weight is 388 g/mol. The van der Waals surface area contributed by atoms with Crippen LogP contribution in [-0.4, -0.2) is 57.7 Å². The first-order valence-corrected chi connectivity index (χ1v) is 10.2. The van der Waals surface area contributed by atoms with Crippen molar-refractivity contribution in [1.29, 1.82) is 0 Å². The summed E-state index contributed by atoms with van der Waals surface area (Å²) in [6.07, 6.45) is 1.96. The smallest absolute Gasteiger partial charge is 0.387 e. The van der Waals surface area contributed by atoms with Crippen molar-refractivity contribution in [3.8, 4) is 5.75 Å². The highest BCUT2D eigenvalue weighted by Gasteiger charge is 2.45. The predicted molar refractivity (Wildman–Crippen MR) is 89.6 cm³/mol. The minimum atomic E-state index is -3.61. The van der Waals surface area contributed by atoms with E-state index in [1.165, 1.54) is 28.6 Å². The van der Waals surface area contributed by atoms with E-state index in [-0.39, 0.29) is 10.6 Å². The third-order valence-corrected chi connectivity index (χ3v) is 7.36. The van der Waals surface area contributed by atoms with Gasteiger partial charge in [-0.15, -0.1) is 0 Å². The number of hydrogen-bond acceptors (Lipinski definition) is 5. The molecule has 1 aliphatic carbocycles. The monoisotopic (exact) mass is 388 g/mol. The van der Waals surface area contributed by atoms with E-state index in [2.05, 4.69) is 10.1 Å². The molecule has 3 aliphatic rings. The van der Waals surface area contributed by atoms with E-state index in [1.807, 2.05) is 0 Å². The van der Waals surface area contributed by atoms with Gasteiger partial charge in [0.1, 0.15) is 5.75 Å². The number of fused-ring (bicyclic) bond motifs is 1. The molecular weight excluding hydrogens is 366 g/mol. The predicted octanol–water partition coefficient (Wildman–Crippen LogP) is 1.68. The molecule has 9 heteroatoms. The summed E-state index contributed by atoms with van der Waals surface area (Å²) in [5.74, 6) is 0.681. The number of benzene rings is 1. The topological polar surface area (TPSA) is 67.9 Å². The number of nitrogens with zero attached hydrogens (tertiary/aromatic N) is 1. The molecule has 3 fully saturated rings. The van der Waals surface area contributed by atoms with Gasteiger partial charge < -0.3 is 14.8 Å². The van der Waals surface area contributed by atoms with Crippen molar-refractivity contribution >= 4 is 10.0 Å². The molecule has 1 unspecified atom stereocenters. The molecule has 4 rings (SSSR count). The Labute approximate surface area is 151 Å². The number of halogens is 2. The maximum absolute atomic E-state index is 12.8. The fourth-order valence-electron chi connectivity index (χ4n) is 4.20. The van der Waals surface area contributed by atoms with Crippen LogP contribution in [0.5, 0.6) is 5.75 Å². The molecule has 1 N–H and O–H groups in total. The van der Waals surface area contributed by atoms with Crippen LogP contribution in [0.15, 0.2) is 29.2 Å². The van der Waals surface area contributed by atoms with Crippen molar-refractivity contribution in [3.63, 3.8) is 0 Å². The lowest BCUT2D eigenvalue weighted by Crippen LogP contribution is -2.50. The molecule has 0 spiro atoms. The van der Waals surface area contributed by atoms with Crippen molar-refractivity contribution in [2.45, 2.75) is 36.4 Å². The lowest BCUT2D eigenvalue weighted by Gasteiger charge is -2.30. The first-order chi connectivity index (χ1) is 12.4. The van der Waals surface area contributed by atoms with Crippen molar-refractivity contribution in [1.82, 2.24) is 9.62 Å². The quantitative estimate of drug-likeness (QED) is 0.803. The summed E-state index contributed by atoms with van der Waals surface area (Å²) in [5.41, 5.74) is 0. The van der Waals surface area contributed by atoms with Crippen molar-refractivity contribution in [2.24, 2.45) is 11.8 Å². The Kier molecular flexibility index (Phi) is 4.89. The van der Waals surface area contributed by atoms with Gasteiger partial charge in [0, 0.05) is 19.1 Å². The maximum atomic E-state index is 12.8. The summed E-state index contributed by atoms with van der Waals surface area (Å²) >= 11 is 0. The zero-order valence-corrected chi connectivity index (χ0v) is 15.0. The van der Waals surface area contributed by atoms with Crippen LogP contribution >= 0.6 is 0 Å². The molecule has 1 aromatic rings. The molecule has 2 heterocycles. The molecule has 144 valence electrons. The van der Waals surface area contributed by atoms with Crippen molar-refractivity contribution in [2.75, 3.05) is 26.3 Å². The molecule has 1 aromatic carbocycles. The van der Waals surface area contributed by atoms with Gasteiger partial charge in [-0.25, -0.2) is 8.42 Å². The molecule has 0 bridgehead atoms.